The van der Waals surface area contributed by atoms with E-state index in [1.54, 1.807) is 48.5 Å². The van der Waals surface area contributed by atoms with Crippen LogP contribution in [0.3, 0.4) is 0 Å². The van der Waals surface area contributed by atoms with Crippen molar-refractivity contribution in [2.24, 2.45) is 0 Å². The maximum atomic E-state index is 12.4. The number of carbonyl (C=O) groups excluding carboxylic acids is 1. The first kappa shape index (κ1) is 18.0. The van der Waals surface area contributed by atoms with Crippen LogP contribution in [0.4, 0.5) is 0 Å². The first-order chi connectivity index (χ1) is 13.6. The Bertz CT molecular complexity index is 1190. The number of fused-ring (bicyclic) bond motifs is 1. The van der Waals surface area contributed by atoms with E-state index < -0.39 is 5.63 Å². The molecule has 0 radical (unpaired) electrons. The second-order valence-electron chi connectivity index (χ2n) is 6.23. The lowest BCUT2D eigenvalue weighted by atomic mass is 10.1. The molecule has 0 spiro atoms. The molecule has 138 valence electrons. The predicted octanol–water partition coefficient (Wildman–Crippen LogP) is 5.38. The lowest BCUT2D eigenvalue weighted by Gasteiger charge is -2.07. The molecule has 4 rings (SSSR count). The van der Waals surface area contributed by atoms with Crippen molar-refractivity contribution in [2.75, 3.05) is 6.61 Å². The summed E-state index contributed by atoms with van der Waals surface area (Å²) < 4.78 is 11.0. The third kappa shape index (κ3) is 3.82. The van der Waals surface area contributed by atoms with Crippen LogP contribution in [0.1, 0.15) is 10.4 Å². The fourth-order valence-electron chi connectivity index (χ4n) is 2.87. The van der Waals surface area contributed by atoms with Crippen molar-refractivity contribution in [3.63, 3.8) is 0 Å². The number of ketones is 1. The molecule has 0 unspecified atom stereocenters. The molecule has 0 saturated heterocycles. The Morgan fingerprint density at radius 3 is 2.43 bits per heavy atom. The first-order valence-corrected chi connectivity index (χ1v) is 9.03. The lowest BCUT2D eigenvalue weighted by Crippen LogP contribution is -2.11. The van der Waals surface area contributed by atoms with Gasteiger partial charge < -0.3 is 9.15 Å². The van der Waals surface area contributed by atoms with Crippen LogP contribution in [0.5, 0.6) is 5.75 Å². The van der Waals surface area contributed by atoms with Crippen molar-refractivity contribution in [2.45, 2.75) is 0 Å². The van der Waals surface area contributed by atoms with Crippen LogP contribution in [0.2, 0.25) is 5.02 Å². The molecule has 28 heavy (non-hydrogen) atoms. The first-order valence-electron chi connectivity index (χ1n) is 8.65. The largest absolute Gasteiger partial charge is 0.485 e. The SMILES string of the molecule is O=C(COc1ccc2cc(-c3ccccc3)c(=O)oc2c1)c1ccc(Cl)cc1. The van der Waals surface area contributed by atoms with Crippen molar-refractivity contribution < 1.29 is 13.9 Å². The van der Waals surface area contributed by atoms with Crippen LogP contribution in [0, 0.1) is 0 Å². The summed E-state index contributed by atoms with van der Waals surface area (Å²) >= 11 is 5.83. The number of rotatable bonds is 5. The highest BCUT2D eigenvalue weighted by Crippen LogP contribution is 2.24. The van der Waals surface area contributed by atoms with Crippen molar-refractivity contribution in [3.05, 3.63) is 99.9 Å². The number of ether oxygens (including phenoxy) is 1. The molecule has 0 amide bonds. The summed E-state index contributed by atoms with van der Waals surface area (Å²) in [5.74, 6) is 0.281. The van der Waals surface area contributed by atoms with E-state index in [4.69, 9.17) is 20.8 Å². The van der Waals surface area contributed by atoms with Crippen molar-refractivity contribution in [1.29, 1.82) is 0 Å². The fourth-order valence-corrected chi connectivity index (χ4v) is 2.99. The van der Waals surface area contributed by atoms with E-state index in [0.29, 0.717) is 27.5 Å². The zero-order chi connectivity index (χ0) is 19.5. The van der Waals surface area contributed by atoms with E-state index in [9.17, 15) is 9.59 Å². The van der Waals surface area contributed by atoms with Gasteiger partial charge in [-0.3, -0.25) is 4.79 Å². The van der Waals surface area contributed by atoms with Gasteiger partial charge in [0.15, 0.2) is 12.4 Å². The summed E-state index contributed by atoms with van der Waals surface area (Å²) in [4.78, 5) is 24.6. The molecule has 0 aliphatic rings. The van der Waals surface area contributed by atoms with Crippen LogP contribution >= 0.6 is 11.6 Å². The van der Waals surface area contributed by atoms with E-state index in [2.05, 4.69) is 0 Å². The van der Waals surface area contributed by atoms with E-state index in [-0.39, 0.29) is 12.4 Å². The maximum Gasteiger partial charge on any atom is 0.344 e. The molecule has 4 nitrogen and oxygen atoms in total. The molecule has 0 aliphatic heterocycles. The Balaban J connectivity index is 1.55. The third-order valence-corrected chi connectivity index (χ3v) is 4.58. The molecule has 0 bridgehead atoms. The number of hydrogen-bond acceptors (Lipinski definition) is 4. The summed E-state index contributed by atoms with van der Waals surface area (Å²) in [6.07, 6.45) is 0. The summed E-state index contributed by atoms with van der Waals surface area (Å²) in [5, 5.41) is 1.34. The van der Waals surface area contributed by atoms with Crippen molar-refractivity contribution >= 4 is 28.4 Å². The molecule has 0 saturated carbocycles. The molecular weight excluding hydrogens is 376 g/mol. The second-order valence-corrected chi connectivity index (χ2v) is 6.67. The van der Waals surface area contributed by atoms with Crippen LogP contribution < -0.4 is 10.4 Å². The van der Waals surface area contributed by atoms with E-state index in [1.165, 1.54) is 0 Å². The van der Waals surface area contributed by atoms with Crippen molar-refractivity contribution in [1.82, 2.24) is 0 Å². The quantitative estimate of drug-likeness (QED) is 0.339. The predicted molar refractivity (Wildman–Crippen MR) is 109 cm³/mol. The van der Waals surface area contributed by atoms with Gasteiger partial charge in [0.2, 0.25) is 0 Å². The minimum atomic E-state index is -0.423. The average Bonchev–Trinajstić information content (AvgIpc) is 2.72. The van der Waals surface area contributed by atoms with Gasteiger partial charge in [0, 0.05) is 22.0 Å². The van der Waals surface area contributed by atoms with Gasteiger partial charge in [-0.15, -0.1) is 0 Å². The number of hydrogen-bond donors (Lipinski definition) is 0. The molecule has 3 aromatic carbocycles. The van der Waals surface area contributed by atoms with Gasteiger partial charge in [-0.1, -0.05) is 41.9 Å². The van der Waals surface area contributed by atoms with E-state index in [1.807, 2.05) is 30.3 Å². The number of halogens is 1. The zero-order valence-corrected chi connectivity index (χ0v) is 15.5. The van der Waals surface area contributed by atoms with Gasteiger partial charge in [0.1, 0.15) is 11.3 Å². The molecule has 0 N–H and O–H groups in total. The molecule has 4 aromatic rings. The van der Waals surface area contributed by atoms with Crippen LogP contribution in [0.25, 0.3) is 22.1 Å². The Labute approximate surface area is 166 Å². The minimum absolute atomic E-state index is 0.126. The van der Waals surface area contributed by atoms with Gasteiger partial charge >= 0.3 is 5.63 Å². The fraction of sp³-hybridized carbons (Fsp3) is 0.0435. The molecule has 0 atom stereocenters. The second kappa shape index (κ2) is 7.71. The van der Waals surface area contributed by atoms with Gasteiger partial charge in [-0.2, -0.15) is 0 Å². The van der Waals surface area contributed by atoms with E-state index >= 15 is 0 Å². The molecule has 1 aromatic heterocycles. The lowest BCUT2D eigenvalue weighted by molar-refractivity contribution is 0.0921. The summed E-state index contributed by atoms with van der Waals surface area (Å²) in [6.45, 7) is -0.126. The molecule has 0 aliphatic carbocycles. The highest BCUT2D eigenvalue weighted by atomic mass is 35.5. The van der Waals surface area contributed by atoms with Crippen molar-refractivity contribution in [3.8, 4) is 16.9 Å². The Kier molecular flexibility index (Phi) is 4.96. The maximum absolute atomic E-state index is 12.4. The molecule has 1 heterocycles. The summed E-state index contributed by atoms with van der Waals surface area (Å²) in [5.41, 5.74) is 1.80. The van der Waals surface area contributed by atoms with Gasteiger partial charge in [-0.25, -0.2) is 4.79 Å². The highest BCUT2D eigenvalue weighted by molar-refractivity contribution is 6.30. The van der Waals surface area contributed by atoms with Crippen LogP contribution in [0.15, 0.2) is 88.1 Å². The normalized spacial score (nSPS) is 10.8. The Morgan fingerprint density at radius 2 is 1.68 bits per heavy atom. The smallest absolute Gasteiger partial charge is 0.344 e. The number of Topliss-reactive ketones (excluding diaryl/α,β-unsaturated/α-hetero) is 1. The summed E-state index contributed by atoms with van der Waals surface area (Å²) in [7, 11) is 0. The third-order valence-electron chi connectivity index (χ3n) is 4.33. The van der Waals surface area contributed by atoms with Crippen LogP contribution in [-0.2, 0) is 0 Å². The molecule has 5 heteroatoms. The number of carbonyl (C=O) groups is 1. The Hall–Kier alpha value is -3.37. The van der Waals surface area contributed by atoms with Gasteiger partial charge in [0.25, 0.3) is 0 Å². The topological polar surface area (TPSA) is 56.5 Å². The molecule has 0 fully saturated rings. The van der Waals surface area contributed by atoms with Crippen LogP contribution in [-0.4, -0.2) is 12.4 Å². The van der Waals surface area contributed by atoms with E-state index in [0.717, 1.165) is 10.9 Å². The van der Waals surface area contributed by atoms with Gasteiger partial charge in [-0.05, 0) is 48.0 Å². The standard InChI is InChI=1S/C23H15ClO4/c24-18-9-6-16(7-10-18)21(25)14-27-19-11-8-17-12-20(15-4-2-1-3-5-15)23(26)28-22(17)13-19/h1-13H,14H2. The zero-order valence-electron chi connectivity index (χ0n) is 14.7. The monoisotopic (exact) mass is 390 g/mol. The summed E-state index contributed by atoms with van der Waals surface area (Å²) in [6, 6.07) is 22.9. The highest BCUT2D eigenvalue weighted by Gasteiger charge is 2.10. The number of benzene rings is 3. The average molecular weight is 391 g/mol. The van der Waals surface area contributed by atoms with Gasteiger partial charge in [0.05, 0.1) is 5.56 Å². The minimum Gasteiger partial charge on any atom is -0.485 e. The molecular formula is C23H15ClO4. The Morgan fingerprint density at radius 1 is 0.929 bits per heavy atom.